The van der Waals surface area contributed by atoms with Crippen LogP contribution in [0.4, 0.5) is 0 Å². The number of rotatable bonds is 4. The van der Waals surface area contributed by atoms with Crippen LogP contribution >= 0.6 is 11.3 Å². The van der Waals surface area contributed by atoms with Gasteiger partial charge in [0.05, 0.1) is 0 Å². The zero-order valence-corrected chi connectivity index (χ0v) is 12.3. The van der Waals surface area contributed by atoms with Gasteiger partial charge in [0.15, 0.2) is 0 Å². The lowest BCUT2D eigenvalue weighted by Crippen LogP contribution is -2.47. The average molecular weight is 264 g/mol. The maximum atomic E-state index is 3.75. The monoisotopic (exact) mass is 264 g/mol. The number of nitrogens with one attached hydrogen (secondary N) is 1. The van der Waals surface area contributed by atoms with E-state index in [0.29, 0.717) is 0 Å². The average Bonchev–Trinajstić information content (AvgIpc) is 2.92. The molecule has 1 aromatic rings. The summed E-state index contributed by atoms with van der Waals surface area (Å²) in [6.07, 6.45) is 5.51. The fourth-order valence-corrected chi connectivity index (χ4v) is 4.51. The minimum Gasteiger partial charge on any atom is -0.311 e. The van der Waals surface area contributed by atoms with Crippen molar-refractivity contribution in [2.75, 3.05) is 6.54 Å². The molecule has 2 aliphatic heterocycles. The quantitative estimate of drug-likeness (QED) is 0.898. The molecule has 18 heavy (non-hydrogen) atoms. The van der Waals surface area contributed by atoms with Crippen LogP contribution in [-0.4, -0.2) is 29.6 Å². The van der Waals surface area contributed by atoms with Crippen molar-refractivity contribution in [3.05, 3.63) is 21.9 Å². The zero-order valence-electron chi connectivity index (χ0n) is 11.5. The standard InChI is InChI=1S/C15H24N2S/c1-3-17(10-15-11(2)6-7-18-15)14-8-12-4-5-13(9-14)16-12/h6-7,12-14,16H,3-5,8-10H2,1-2H3. The molecule has 1 aromatic heterocycles. The summed E-state index contributed by atoms with van der Waals surface area (Å²) >= 11 is 1.92. The highest BCUT2D eigenvalue weighted by Crippen LogP contribution is 2.31. The van der Waals surface area contributed by atoms with Crippen molar-refractivity contribution in [2.45, 2.75) is 64.2 Å². The Labute approximate surface area is 114 Å². The highest BCUT2D eigenvalue weighted by atomic mass is 32.1. The van der Waals surface area contributed by atoms with Gasteiger partial charge in [-0.2, -0.15) is 0 Å². The predicted molar refractivity (Wildman–Crippen MR) is 78.1 cm³/mol. The van der Waals surface area contributed by atoms with Gasteiger partial charge in [0, 0.05) is 29.5 Å². The summed E-state index contributed by atoms with van der Waals surface area (Å²) in [4.78, 5) is 4.26. The fraction of sp³-hybridized carbons (Fsp3) is 0.733. The lowest BCUT2D eigenvalue weighted by atomic mass is 9.98. The Hall–Kier alpha value is -0.380. The lowest BCUT2D eigenvalue weighted by Gasteiger charge is -2.37. The first-order valence-corrected chi connectivity index (χ1v) is 8.17. The number of hydrogen-bond acceptors (Lipinski definition) is 3. The molecule has 2 aliphatic rings. The Kier molecular flexibility index (Phi) is 3.73. The van der Waals surface area contributed by atoms with Gasteiger partial charge >= 0.3 is 0 Å². The second-order valence-corrected chi connectivity index (χ2v) is 6.85. The number of piperidine rings is 1. The Morgan fingerprint density at radius 1 is 1.33 bits per heavy atom. The molecule has 0 radical (unpaired) electrons. The van der Waals surface area contributed by atoms with E-state index in [1.807, 2.05) is 11.3 Å². The largest absolute Gasteiger partial charge is 0.311 e. The fourth-order valence-electron chi connectivity index (χ4n) is 3.58. The van der Waals surface area contributed by atoms with Gasteiger partial charge in [-0.1, -0.05) is 6.92 Å². The molecule has 2 unspecified atom stereocenters. The van der Waals surface area contributed by atoms with Gasteiger partial charge in [0.1, 0.15) is 0 Å². The molecule has 0 saturated carbocycles. The van der Waals surface area contributed by atoms with Gasteiger partial charge in [-0.25, -0.2) is 0 Å². The van der Waals surface area contributed by atoms with Gasteiger partial charge < -0.3 is 5.32 Å². The van der Waals surface area contributed by atoms with Crippen molar-refractivity contribution in [1.82, 2.24) is 10.2 Å². The Balaban J connectivity index is 1.67. The van der Waals surface area contributed by atoms with Crippen molar-refractivity contribution in [2.24, 2.45) is 0 Å². The normalized spacial score (nSPS) is 31.2. The van der Waals surface area contributed by atoms with Crippen LogP contribution in [0.25, 0.3) is 0 Å². The van der Waals surface area contributed by atoms with Crippen molar-refractivity contribution in [1.29, 1.82) is 0 Å². The molecule has 2 saturated heterocycles. The van der Waals surface area contributed by atoms with Crippen LogP contribution in [0.15, 0.2) is 11.4 Å². The molecule has 3 heterocycles. The van der Waals surface area contributed by atoms with Gasteiger partial charge in [-0.15, -0.1) is 11.3 Å². The minimum absolute atomic E-state index is 0.798. The number of hydrogen-bond donors (Lipinski definition) is 1. The lowest BCUT2D eigenvalue weighted by molar-refractivity contribution is 0.142. The van der Waals surface area contributed by atoms with Crippen LogP contribution in [0, 0.1) is 6.92 Å². The van der Waals surface area contributed by atoms with E-state index in [4.69, 9.17) is 0 Å². The molecular formula is C15H24N2S. The smallest absolute Gasteiger partial charge is 0.0333 e. The summed E-state index contributed by atoms with van der Waals surface area (Å²) < 4.78 is 0. The van der Waals surface area contributed by atoms with Crippen molar-refractivity contribution < 1.29 is 0 Å². The van der Waals surface area contributed by atoms with Crippen molar-refractivity contribution in [3.8, 4) is 0 Å². The van der Waals surface area contributed by atoms with E-state index >= 15 is 0 Å². The maximum absolute atomic E-state index is 3.75. The van der Waals surface area contributed by atoms with Crippen LogP contribution in [0.2, 0.25) is 0 Å². The maximum Gasteiger partial charge on any atom is 0.0333 e. The SMILES string of the molecule is CCN(Cc1sccc1C)C1CC2CCC(C1)N2. The third-order valence-corrected chi connectivity index (χ3v) is 5.69. The van der Waals surface area contributed by atoms with Crippen LogP contribution < -0.4 is 5.32 Å². The third-order valence-electron chi connectivity index (χ3n) is 4.69. The van der Waals surface area contributed by atoms with Gasteiger partial charge in [-0.05, 0) is 56.2 Å². The van der Waals surface area contributed by atoms with Crippen LogP contribution in [0.1, 0.15) is 43.0 Å². The molecule has 0 aromatic carbocycles. The molecule has 0 aliphatic carbocycles. The van der Waals surface area contributed by atoms with Crippen LogP contribution in [-0.2, 0) is 6.54 Å². The summed E-state index contributed by atoms with van der Waals surface area (Å²) in [5.74, 6) is 0. The first-order chi connectivity index (χ1) is 8.76. The topological polar surface area (TPSA) is 15.3 Å². The van der Waals surface area contributed by atoms with E-state index in [2.05, 4.69) is 35.5 Å². The van der Waals surface area contributed by atoms with Gasteiger partial charge in [-0.3, -0.25) is 4.90 Å². The molecule has 0 amide bonds. The first kappa shape index (κ1) is 12.6. The first-order valence-electron chi connectivity index (χ1n) is 7.29. The summed E-state index contributed by atoms with van der Waals surface area (Å²) in [6, 6.07) is 4.65. The van der Waals surface area contributed by atoms with E-state index in [9.17, 15) is 0 Å². The second-order valence-electron chi connectivity index (χ2n) is 5.85. The molecule has 100 valence electrons. The summed E-state index contributed by atoms with van der Waals surface area (Å²) in [5.41, 5.74) is 1.47. The molecule has 0 spiro atoms. The molecular weight excluding hydrogens is 240 g/mol. The van der Waals surface area contributed by atoms with Gasteiger partial charge in [0.25, 0.3) is 0 Å². The van der Waals surface area contributed by atoms with Crippen LogP contribution in [0.3, 0.4) is 0 Å². The summed E-state index contributed by atoms with van der Waals surface area (Å²) in [7, 11) is 0. The Bertz CT molecular complexity index is 389. The second kappa shape index (κ2) is 5.32. The van der Waals surface area contributed by atoms with E-state index in [0.717, 1.165) is 24.7 Å². The highest BCUT2D eigenvalue weighted by Gasteiger charge is 2.35. The van der Waals surface area contributed by atoms with Crippen LogP contribution in [0.5, 0.6) is 0 Å². The van der Waals surface area contributed by atoms with E-state index < -0.39 is 0 Å². The van der Waals surface area contributed by atoms with E-state index in [1.165, 1.54) is 37.8 Å². The van der Waals surface area contributed by atoms with E-state index in [1.54, 1.807) is 4.88 Å². The zero-order chi connectivity index (χ0) is 12.5. The summed E-state index contributed by atoms with van der Waals surface area (Å²) in [6.45, 7) is 6.89. The molecule has 2 atom stereocenters. The molecule has 2 nitrogen and oxygen atoms in total. The van der Waals surface area contributed by atoms with Crippen molar-refractivity contribution in [3.63, 3.8) is 0 Å². The van der Waals surface area contributed by atoms with Crippen molar-refractivity contribution >= 4 is 11.3 Å². The molecule has 2 bridgehead atoms. The minimum atomic E-state index is 0.798. The number of fused-ring (bicyclic) bond motifs is 2. The number of aryl methyl sites for hydroxylation is 1. The third kappa shape index (κ3) is 2.49. The number of thiophene rings is 1. The highest BCUT2D eigenvalue weighted by molar-refractivity contribution is 7.10. The Morgan fingerprint density at radius 3 is 2.61 bits per heavy atom. The molecule has 3 rings (SSSR count). The van der Waals surface area contributed by atoms with E-state index in [-0.39, 0.29) is 0 Å². The molecule has 1 N–H and O–H groups in total. The van der Waals surface area contributed by atoms with Gasteiger partial charge in [0.2, 0.25) is 0 Å². The molecule has 2 fully saturated rings. The number of nitrogens with zero attached hydrogens (tertiary/aromatic N) is 1. The Morgan fingerprint density at radius 2 is 2.06 bits per heavy atom. The summed E-state index contributed by atoms with van der Waals surface area (Å²) in [5, 5.41) is 5.97. The molecule has 3 heteroatoms. The predicted octanol–water partition coefficient (Wildman–Crippen LogP) is 3.16.